The molecule has 1 heterocycles. The van der Waals surface area contributed by atoms with Gasteiger partial charge in [-0.3, -0.25) is 0 Å². The number of nitrogens with two attached hydrogens (primary N) is 1. The molecule has 96 valence electrons. The van der Waals surface area contributed by atoms with Gasteiger partial charge in [0.2, 0.25) is 0 Å². The number of thiazole rings is 1. The molecule has 2 N–H and O–H groups in total. The molecule has 0 amide bonds. The van der Waals surface area contributed by atoms with Crippen LogP contribution >= 0.6 is 11.3 Å². The Morgan fingerprint density at radius 1 is 1.11 bits per heavy atom. The number of aryl methyl sites for hydroxylation is 1. The summed E-state index contributed by atoms with van der Waals surface area (Å²) in [5.74, 6) is 0. The van der Waals surface area contributed by atoms with Crippen LogP contribution in [0.25, 0.3) is 21.3 Å². The monoisotopic (exact) mass is 268 g/mol. The van der Waals surface area contributed by atoms with E-state index < -0.39 is 0 Å². The highest BCUT2D eigenvalue weighted by molar-refractivity contribution is 7.15. The third-order valence-corrected chi connectivity index (χ3v) is 4.65. The van der Waals surface area contributed by atoms with Crippen molar-refractivity contribution in [3.63, 3.8) is 0 Å². The summed E-state index contributed by atoms with van der Waals surface area (Å²) < 4.78 is 0. The van der Waals surface area contributed by atoms with Gasteiger partial charge in [0.1, 0.15) is 5.01 Å². The normalized spacial score (nSPS) is 12.8. The Morgan fingerprint density at radius 3 is 2.53 bits per heavy atom. The van der Waals surface area contributed by atoms with E-state index in [9.17, 15) is 0 Å². The SMILES string of the molecule is Cc1nc(-c2ccc3ccccc3c2)sc1C(C)N. The van der Waals surface area contributed by atoms with Crippen LogP contribution in [0.4, 0.5) is 0 Å². The number of hydrogen-bond donors (Lipinski definition) is 1. The van der Waals surface area contributed by atoms with Crippen molar-refractivity contribution in [2.24, 2.45) is 5.73 Å². The van der Waals surface area contributed by atoms with Crippen molar-refractivity contribution in [3.8, 4) is 10.6 Å². The lowest BCUT2D eigenvalue weighted by Gasteiger charge is -2.01. The molecule has 0 radical (unpaired) electrons. The number of benzene rings is 2. The van der Waals surface area contributed by atoms with Gasteiger partial charge in [0.15, 0.2) is 0 Å². The average molecular weight is 268 g/mol. The average Bonchev–Trinajstić information content (AvgIpc) is 2.80. The van der Waals surface area contributed by atoms with Crippen molar-refractivity contribution in [1.29, 1.82) is 0 Å². The number of nitrogens with zero attached hydrogens (tertiary/aromatic N) is 1. The zero-order valence-corrected chi connectivity index (χ0v) is 11.9. The number of rotatable bonds is 2. The molecule has 1 unspecified atom stereocenters. The van der Waals surface area contributed by atoms with E-state index in [1.165, 1.54) is 21.2 Å². The molecule has 1 aromatic heterocycles. The molecule has 0 fully saturated rings. The first kappa shape index (κ1) is 12.3. The van der Waals surface area contributed by atoms with Crippen molar-refractivity contribution in [1.82, 2.24) is 4.98 Å². The highest BCUT2D eigenvalue weighted by atomic mass is 32.1. The molecule has 2 nitrogen and oxygen atoms in total. The number of hydrogen-bond acceptors (Lipinski definition) is 3. The molecule has 3 aromatic rings. The van der Waals surface area contributed by atoms with Gasteiger partial charge in [-0.15, -0.1) is 11.3 Å². The molecule has 3 heteroatoms. The van der Waals surface area contributed by atoms with Crippen molar-refractivity contribution >= 4 is 22.1 Å². The maximum atomic E-state index is 5.97. The molecule has 19 heavy (non-hydrogen) atoms. The predicted octanol–water partition coefficient (Wildman–Crippen LogP) is 4.29. The van der Waals surface area contributed by atoms with Gasteiger partial charge in [0, 0.05) is 16.5 Å². The van der Waals surface area contributed by atoms with Crippen LogP contribution in [0, 0.1) is 6.92 Å². The maximum absolute atomic E-state index is 5.97. The first-order valence-electron chi connectivity index (χ1n) is 6.37. The molecular weight excluding hydrogens is 252 g/mol. The van der Waals surface area contributed by atoms with Gasteiger partial charge in [0.05, 0.1) is 5.69 Å². The summed E-state index contributed by atoms with van der Waals surface area (Å²) in [6, 6.07) is 14.9. The molecule has 0 spiro atoms. The van der Waals surface area contributed by atoms with Crippen LogP contribution in [0.3, 0.4) is 0 Å². The molecule has 0 bridgehead atoms. The lowest BCUT2D eigenvalue weighted by Crippen LogP contribution is -2.03. The van der Waals surface area contributed by atoms with E-state index >= 15 is 0 Å². The highest BCUT2D eigenvalue weighted by Gasteiger charge is 2.12. The molecule has 1 atom stereocenters. The molecule has 0 aliphatic rings. The van der Waals surface area contributed by atoms with Gasteiger partial charge in [-0.1, -0.05) is 36.4 Å². The molecule has 0 aliphatic heterocycles. The van der Waals surface area contributed by atoms with Crippen LogP contribution in [0.15, 0.2) is 42.5 Å². The Labute approximate surface area is 116 Å². The van der Waals surface area contributed by atoms with Gasteiger partial charge < -0.3 is 5.73 Å². The van der Waals surface area contributed by atoms with Gasteiger partial charge in [-0.05, 0) is 30.7 Å². The lowest BCUT2D eigenvalue weighted by molar-refractivity contribution is 0.825. The third-order valence-electron chi connectivity index (χ3n) is 3.24. The molecule has 0 aliphatic carbocycles. The van der Waals surface area contributed by atoms with Gasteiger partial charge in [-0.25, -0.2) is 4.98 Å². The van der Waals surface area contributed by atoms with Crippen LogP contribution in [0.1, 0.15) is 23.5 Å². The molecule has 3 rings (SSSR count). The molecule has 2 aromatic carbocycles. The first-order chi connectivity index (χ1) is 9.15. The van der Waals surface area contributed by atoms with Crippen molar-refractivity contribution in [2.75, 3.05) is 0 Å². The van der Waals surface area contributed by atoms with Crippen molar-refractivity contribution in [2.45, 2.75) is 19.9 Å². The molecule has 0 saturated carbocycles. The van der Waals surface area contributed by atoms with E-state index in [0.717, 1.165) is 10.7 Å². The Balaban J connectivity index is 2.11. The second-order valence-electron chi connectivity index (χ2n) is 4.82. The van der Waals surface area contributed by atoms with E-state index in [4.69, 9.17) is 5.73 Å². The molecule has 0 saturated heterocycles. The first-order valence-corrected chi connectivity index (χ1v) is 7.19. The Morgan fingerprint density at radius 2 is 1.84 bits per heavy atom. The predicted molar refractivity (Wildman–Crippen MR) is 82.4 cm³/mol. The van der Waals surface area contributed by atoms with E-state index in [2.05, 4.69) is 47.4 Å². The largest absolute Gasteiger partial charge is 0.323 e. The second kappa shape index (κ2) is 4.76. The van der Waals surface area contributed by atoms with E-state index in [0.29, 0.717) is 0 Å². The zero-order valence-electron chi connectivity index (χ0n) is 11.1. The van der Waals surface area contributed by atoms with Crippen LogP contribution < -0.4 is 5.73 Å². The zero-order chi connectivity index (χ0) is 13.4. The Kier molecular flexibility index (Phi) is 3.09. The standard InChI is InChI=1S/C16H16N2S/c1-10(17)15-11(2)18-16(19-15)14-8-7-12-5-3-4-6-13(12)9-14/h3-10H,17H2,1-2H3. The maximum Gasteiger partial charge on any atom is 0.123 e. The summed E-state index contributed by atoms with van der Waals surface area (Å²) in [5, 5.41) is 3.55. The lowest BCUT2D eigenvalue weighted by atomic mass is 10.1. The van der Waals surface area contributed by atoms with Crippen molar-refractivity contribution in [3.05, 3.63) is 53.0 Å². The van der Waals surface area contributed by atoms with Gasteiger partial charge >= 0.3 is 0 Å². The third kappa shape index (κ3) is 2.27. The van der Waals surface area contributed by atoms with Crippen LogP contribution in [-0.2, 0) is 0 Å². The van der Waals surface area contributed by atoms with Crippen LogP contribution in [0.5, 0.6) is 0 Å². The summed E-state index contributed by atoms with van der Waals surface area (Å²) in [5.41, 5.74) is 8.18. The van der Waals surface area contributed by atoms with Gasteiger partial charge in [-0.2, -0.15) is 0 Å². The second-order valence-corrected chi connectivity index (χ2v) is 5.85. The van der Waals surface area contributed by atoms with E-state index in [-0.39, 0.29) is 6.04 Å². The summed E-state index contributed by atoms with van der Waals surface area (Å²) in [4.78, 5) is 5.82. The van der Waals surface area contributed by atoms with Crippen LogP contribution in [-0.4, -0.2) is 4.98 Å². The quantitative estimate of drug-likeness (QED) is 0.753. The summed E-state index contributed by atoms with van der Waals surface area (Å²) in [7, 11) is 0. The van der Waals surface area contributed by atoms with Gasteiger partial charge in [0.25, 0.3) is 0 Å². The fraction of sp³-hybridized carbons (Fsp3) is 0.188. The van der Waals surface area contributed by atoms with E-state index in [1.54, 1.807) is 11.3 Å². The topological polar surface area (TPSA) is 38.9 Å². The highest BCUT2D eigenvalue weighted by Crippen LogP contribution is 2.32. The summed E-state index contributed by atoms with van der Waals surface area (Å²) >= 11 is 1.69. The fourth-order valence-electron chi connectivity index (χ4n) is 2.28. The Bertz CT molecular complexity index is 728. The minimum Gasteiger partial charge on any atom is -0.323 e. The Hall–Kier alpha value is -1.71. The number of fused-ring (bicyclic) bond motifs is 1. The van der Waals surface area contributed by atoms with Crippen molar-refractivity contribution < 1.29 is 0 Å². The fourth-order valence-corrected chi connectivity index (χ4v) is 3.29. The molecular formula is C16H16N2S. The minimum absolute atomic E-state index is 0.0479. The summed E-state index contributed by atoms with van der Waals surface area (Å²) in [6.45, 7) is 4.03. The minimum atomic E-state index is 0.0479. The van der Waals surface area contributed by atoms with Crippen LogP contribution in [0.2, 0.25) is 0 Å². The summed E-state index contributed by atoms with van der Waals surface area (Å²) in [6.07, 6.45) is 0. The number of aromatic nitrogens is 1. The van der Waals surface area contributed by atoms with E-state index in [1.807, 2.05) is 13.8 Å². The smallest absolute Gasteiger partial charge is 0.123 e.